The SMILES string of the molecule is Cc1ccc(C2c3ccc(O)cc3C3NCCCC32)cc1. The van der Waals surface area contributed by atoms with Crippen molar-refractivity contribution in [2.75, 3.05) is 6.54 Å². The minimum Gasteiger partial charge on any atom is -0.508 e. The Hall–Kier alpha value is -1.80. The van der Waals surface area contributed by atoms with Crippen molar-refractivity contribution in [2.45, 2.75) is 31.7 Å². The van der Waals surface area contributed by atoms with Crippen LogP contribution in [-0.4, -0.2) is 11.7 Å². The van der Waals surface area contributed by atoms with Crippen molar-refractivity contribution >= 4 is 0 Å². The fraction of sp³-hybridized carbons (Fsp3) is 0.368. The zero-order chi connectivity index (χ0) is 14.4. The first-order chi connectivity index (χ1) is 10.2. The molecule has 1 aliphatic heterocycles. The summed E-state index contributed by atoms with van der Waals surface area (Å²) in [7, 11) is 0. The van der Waals surface area contributed by atoms with E-state index in [1.165, 1.54) is 35.1 Å². The average Bonchev–Trinajstić information content (AvgIpc) is 2.82. The molecule has 0 bridgehead atoms. The highest BCUT2D eigenvalue weighted by atomic mass is 16.3. The molecule has 0 radical (unpaired) electrons. The number of rotatable bonds is 1. The second-order valence-electron chi connectivity index (χ2n) is 6.44. The third kappa shape index (κ3) is 2.06. The maximum Gasteiger partial charge on any atom is 0.115 e. The van der Waals surface area contributed by atoms with Crippen LogP contribution < -0.4 is 5.32 Å². The van der Waals surface area contributed by atoms with Gasteiger partial charge >= 0.3 is 0 Å². The van der Waals surface area contributed by atoms with Crippen molar-refractivity contribution in [3.8, 4) is 5.75 Å². The smallest absolute Gasteiger partial charge is 0.115 e. The molecule has 1 saturated heterocycles. The van der Waals surface area contributed by atoms with Crippen molar-refractivity contribution in [1.29, 1.82) is 0 Å². The molecule has 0 spiro atoms. The lowest BCUT2D eigenvalue weighted by Gasteiger charge is -2.31. The predicted molar refractivity (Wildman–Crippen MR) is 84.6 cm³/mol. The summed E-state index contributed by atoms with van der Waals surface area (Å²) in [4.78, 5) is 0. The van der Waals surface area contributed by atoms with Crippen molar-refractivity contribution in [3.05, 3.63) is 64.7 Å². The van der Waals surface area contributed by atoms with E-state index in [1.807, 2.05) is 12.1 Å². The van der Waals surface area contributed by atoms with Crippen LogP contribution in [0.2, 0.25) is 0 Å². The Balaban J connectivity index is 1.84. The lowest BCUT2D eigenvalue weighted by atomic mass is 9.80. The summed E-state index contributed by atoms with van der Waals surface area (Å²) < 4.78 is 0. The van der Waals surface area contributed by atoms with Crippen LogP contribution in [-0.2, 0) is 0 Å². The Morgan fingerprint density at radius 3 is 2.67 bits per heavy atom. The second kappa shape index (κ2) is 4.88. The number of nitrogens with one attached hydrogen (secondary N) is 1. The van der Waals surface area contributed by atoms with Gasteiger partial charge in [-0.2, -0.15) is 0 Å². The number of aromatic hydroxyl groups is 1. The second-order valence-corrected chi connectivity index (χ2v) is 6.44. The molecule has 2 nitrogen and oxygen atoms in total. The molecule has 0 aromatic heterocycles. The van der Waals surface area contributed by atoms with E-state index in [9.17, 15) is 5.11 Å². The average molecular weight is 279 g/mol. The molecule has 21 heavy (non-hydrogen) atoms. The van der Waals surface area contributed by atoms with Gasteiger partial charge in [0.25, 0.3) is 0 Å². The van der Waals surface area contributed by atoms with Crippen molar-refractivity contribution < 1.29 is 5.11 Å². The summed E-state index contributed by atoms with van der Waals surface area (Å²) in [6, 6.07) is 15.3. The van der Waals surface area contributed by atoms with Crippen molar-refractivity contribution in [1.82, 2.24) is 5.32 Å². The van der Waals surface area contributed by atoms with Gasteiger partial charge in [-0.15, -0.1) is 0 Å². The van der Waals surface area contributed by atoms with Gasteiger partial charge < -0.3 is 10.4 Å². The summed E-state index contributed by atoms with van der Waals surface area (Å²) in [5, 5.41) is 13.5. The van der Waals surface area contributed by atoms with Gasteiger partial charge in [-0.25, -0.2) is 0 Å². The number of aryl methyl sites for hydroxylation is 1. The van der Waals surface area contributed by atoms with Crippen LogP contribution in [0.15, 0.2) is 42.5 Å². The first-order valence-electron chi connectivity index (χ1n) is 7.87. The summed E-state index contributed by atoms with van der Waals surface area (Å²) in [6.45, 7) is 3.21. The molecule has 3 unspecified atom stereocenters. The highest BCUT2D eigenvalue weighted by molar-refractivity contribution is 5.49. The highest BCUT2D eigenvalue weighted by Crippen LogP contribution is 2.52. The Morgan fingerprint density at radius 2 is 1.86 bits per heavy atom. The van der Waals surface area contributed by atoms with Gasteiger partial charge in [-0.05, 0) is 61.1 Å². The predicted octanol–water partition coefficient (Wildman–Crippen LogP) is 3.89. The van der Waals surface area contributed by atoms with Crippen LogP contribution >= 0.6 is 0 Å². The Labute approximate surface area is 125 Å². The van der Waals surface area contributed by atoms with Crippen molar-refractivity contribution in [2.24, 2.45) is 5.92 Å². The lowest BCUT2D eigenvalue weighted by molar-refractivity contribution is 0.286. The molecular formula is C19H21NO. The first-order valence-corrected chi connectivity index (χ1v) is 7.87. The third-order valence-corrected chi connectivity index (χ3v) is 5.11. The normalized spacial score (nSPS) is 27.2. The van der Waals surface area contributed by atoms with Gasteiger partial charge in [0.2, 0.25) is 0 Å². The molecule has 2 heteroatoms. The number of fused-ring (bicyclic) bond motifs is 3. The maximum atomic E-state index is 9.85. The number of hydrogen-bond acceptors (Lipinski definition) is 2. The molecule has 1 heterocycles. The number of benzene rings is 2. The first kappa shape index (κ1) is 12.9. The van der Waals surface area contributed by atoms with Gasteiger partial charge in [0.15, 0.2) is 0 Å². The molecule has 1 fully saturated rings. The Kier molecular flexibility index (Phi) is 3.00. The topological polar surface area (TPSA) is 32.3 Å². The molecule has 2 aliphatic rings. The van der Waals surface area contributed by atoms with Crippen LogP contribution in [0.3, 0.4) is 0 Å². The molecule has 108 valence electrons. The lowest BCUT2D eigenvalue weighted by Crippen LogP contribution is -2.32. The standard InChI is InChI=1S/C19H21NO/c1-12-4-6-13(7-5-12)18-15-9-8-14(21)11-17(15)19-16(18)3-2-10-20-19/h4-9,11,16,18-21H,2-3,10H2,1H3. The van der Waals surface area contributed by atoms with Gasteiger partial charge in [0.05, 0.1) is 0 Å². The van der Waals surface area contributed by atoms with E-state index in [0.717, 1.165) is 6.54 Å². The van der Waals surface area contributed by atoms with Crippen LogP contribution in [0.25, 0.3) is 0 Å². The molecule has 0 amide bonds. The van der Waals surface area contributed by atoms with E-state index in [2.05, 4.69) is 42.6 Å². The zero-order valence-corrected chi connectivity index (χ0v) is 12.3. The van der Waals surface area contributed by atoms with Gasteiger partial charge in [0.1, 0.15) is 5.75 Å². The largest absolute Gasteiger partial charge is 0.508 e. The minimum atomic E-state index is 0.379. The molecule has 4 rings (SSSR count). The minimum absolute atomic E-state index is 0.379. The zero-order valence-electron chi connectivity index (χ0n) is 12.3. The van der Waals surface area contributed by atoms with Crippen LogP contribution in [0.1, 0.15) is 47.1 Å². The molecule has 2 aromatic rings. The quantitative estimate of drug-likeness (QED) is 0.830. The molecule has 0 saturated carbocycles. The fourth-order valence-electron chi connectivity index (χ4n) is 4.16. The van der Waals surface area contributed by atoms with Crippen LogP contribution in [0, 0.1) is 12.8 Å². The Bertz CT molecular complexity index is 662. The maximum absolute atomic E-state index is 9.85. The van der Waals surface area contributed by atoms with Crippen LogP contribution in [0.5, 0.6) is 5.75 Å². The van der Waals surface area contributed by atoms with E-state index in [-0.39, 0.29) is 0 Å². The van der Waals surface area contributed by atoms with E-state index in [0.29, 0.717) is 23.6 Å². The van der Waals surface area contributed by atoms with Crippen molar-refractivity contribution in [3.63, 3.8) is 0 Å². The van der Waals surface area contributed by atoms with Crippen LogP contribution in [0.4, 0.5) is 0 Å². The van der Waals surface area contributed by atoms with Gasteiger partial charge in [0, 0.05) is 12.0 Å². The molecular weight excluding hydrogens is 258 g/mol. The molecule has 3 atom stereocenters. The number of phenolic OH excluding ortho intramolecular Hbond substituents is 1. The molecule has 2 aromatic carbocycles. The van der Waals surface area contributed by atoms with E-state index >= 15 is 0 Å². The monoisotopic (exact) mass is 279 g/mol. The summed E-state index contributed by atoms with van der Waals surface area (Å²) in [6.07, 6.45) is 2.50. The molecule has 2 N–H and O–H groups in total. The molecule has 1 aliphatic carbocycles. The van der Waals surface area contributed by atoms with E-state index in [4.69, 9.17) is 0 Å². The third-order valence-electron chi connectivity index (χ3n) is 5.11. The van der Waals surface area contributed by atoms with E-state index in [1.54, 1.807) is 0 Å². The Morgan fingerprint density at radius 1 is 1.05 bits per heavy atom. The summed E-state index contributed by atoms with van der Waals surface area (Å²) in [5.74, 6) is 1.45. The highest BCUT2D eigenvalue weighted by Gasteiger charge is 2.42. The number of phenols is 1. The van der Waals surface area contributed by atoms with Gasteiger partial charge in [-0.1, -0.05) is 35.9 Å². The van der Waals surface area contributed by atoms with Gasteiger partial charge in [-0.3, -0.25) is 0 Å². The fourth-order valence-corrected chi connectivity index (χ4v) is 4.16. The van der Waals surface area contributed by atoms with E-state index < -0.39 is 0 Å². The summed E-state index contributed by atoms with van der Waals surface area (Å²) >= 11 is 0. The summed E-state index contributed by atoms with van der Waals surface area (Å²) in [5.41, 5.74) is 5.40. The number of hydrogen-bond donors (Lipinski definition) is 2. The number of piperidine rings is 1.